The van der Waals surface area contributed by atoms with Crippen molar-refractivity contribution < 1.29 is 0 Å². The van der Waals surface area contributed by atoms with Crippen LogP contribution in [-0.2, 0) is 0 Å². The van der Waals surface area contributed by atoms with Crippen molar-refractivity contribution in [2.45, 2.75) is 37.5 Å². The van der Waals surface area contributed by atoms with Crippen molar-refractivity contribution in [3.63, 3.8) is 0 Å². The van der Waals surface area contributed by atoms with Crippen molar-refractivity contribution in [1.29, 1.82) is 0 Å². The molecule has 4 unspecified atom stereocenters. The zero-order valence-corrected chi connectivity index (χ0v) is 13.1. The van der Waals surface area contributed by atoms with E-state index in [2.05, 4.69) is 72.8 Å². The first-order valence-electron chi connectivity index (χ1n) is 8.68. The summed E-state index contributed by atoms with van der Waals surface area (Å²) >= 11 is 0. The molecule has 0 spiro atoms. The number of hydrogen-bond acceptors (Lipinski definition) is 0. The highest BCUT2D eigenvalue weighted by Crippen LogP contribution is 2.51. The van der Waals surface area contributed by atoms with Gasteiger partial charge in [-0.3, -0.25) is 0 Å². The molecule has 2 aliphatic carbocycles. The van der Waals surface area contributed by atoms with E-state index in [4.69, 9.17) is 0 Å². The molecule has 0 aliphatic heterocycles. The van der Waals surface area contributed by atoms with Crippen LogP contribution in [0.15, 0.2) is 72.8 Å². The maximum atomic E-state index is 2.51. The van der Waals surface area contributed by atoms with Crippen molar-refractivity contribution in [2.75, 3.05) is 0 Å². The molecule has 0 saturated heterocycles. The number of benzene rings is 2. The SMILES string of the molecule is C1=CC2CC(c3ccccc3)CC(c3ccccc3)C2CC1. The Morgan fingerprint density at radius 3 is 2.14 bits per heavy atom. The molecule has 1 fully saturated rings. The van der Waals surface area contributed by atoms with Gasteiger partial charge in [0.25, 0.3) is 0 Å². The van der Waals surface area contributed by atoms with Crippen molar-refractivity contribution in [3.05, 3.63) is 83.9 Å². The lowest BCUT2D eigenvalue weighted by atomic mass is 9.61. The van der Waals surface area contributed by atoms with Gasteiger partial charge in [0.1, 0.15) is 0 Å². The second-order valence-electron chi connectivity index (χ2n) is 6.93. The fraction of sp³-hybridized carbons (Fsp3) is 0.364. The minimum absolute atomic E-state index is 0.704. The van der Waals surface area contributed by atoms with Crippen LogP contribution < -0.4 is 0 Å². The molecule has 2 aromatic carbocycles. The van der Waals surface area contributed by atoms with Gasteiger partial charge in [0, 0.05) is 0 Å². The molecular weight excluding hydrogens is 264 g/mol. The largest absolute Gasteiger partial charge is 0.0882 e. The Bertz CT molecular complexity index is 626. The molecule has 112 valence electrons. The first-order chi connectivity index (χ1) is 10.9. The van der Waals surface area contributed by atoms with E-state index in [1.807, 2.05) is 0 Å². The van der Waals surface area contributed by atoms with E-state index in [9.17, 15) is 0 Å². The van der Waals surface area contributed by atoms with E-state index in [1.165, 1.54) is 31.2 Å². The van der Waals surface area contributed by atoms with Gasteiger partial charge in [0.2, 0.25) is 0 Å². The van der Waals surface area contributed by atoms with E-state index in [1.54, 1.807) is 5.56 Å². The van der Waals surface area contributed by atoms with E-state index < -0.39 is 0 Å². The van der Waals surface area contributed by atoms with Crippen LogP contribution in [0, 0.1) is 11.8 Å². The van der Waals surface area contributed by atoms with Crippen LogP contribution in [0.4, 0.5) is 0 Å². The third kappa shape index (κ3) is 2.63. The van der Waals surface area contributed by atoms with E-state index in [0.29, 0.717) is 5.92 Å². The average molecular weight is 288 g/mol. The molecule has 4 atom stereocenters. The van der Waals surface area contributed by atoms with Gasteiger partial charge in [-0.25, -0.2) is 0 Å². The highest BCUT2D eigenvalue weighted by molar-refractivity contribution is 5.27. The van der Waals surface area contributed by atoms with E-state index in [-0.39, 0.29) is 0 Å². The van der Waals surface area contributed by atoms with Gasteiger partial charge < -0.3 is 0 Å². The first kappa shape index (κ1) is 13.8. The van der Waals surface area contributed by atoms with Crippen molar-refractivity contribution in [3.8, 4) is 0 Å². The number of fused-ring (bicyclic) bond motifs is 1. The molecule has 1 saturated carbocycles. The summed E-state index contributed by atoms with van der Waals surface area (Å²) < 4.78 is 0. The van der Waals surface area contributed by atoms with Crippen LogP contribution in [0.1, 0.15) is 48.6 Å². The Morgan fingerprint density at radius 2 is 1.41 bits per heavy atom. The van der Waals surface area contributed by atoms with Gasteiger partial charge in [-0.1, -0.05) is 72.8 Å². The lowest BCUT2D eigenvalue weighted by Gasteiger charge is -2.43. The molecule has 0 N–H and O–H groups in total. The third-order valence-corrected chi connectivity index (χ3v) is 5.71. The zero-order valence-electron chi connectivity index (χ0n) is 13.1. The van der Waals surface area contributed by atoms with Gasteiger partial charge >= 0.3 is 0 Å². The van der Waals surface area contributed by atoms with Gasteiger partial charge in [0.15, 0.2) is 0 Å². The number of hydrogen-bond donors (Lipinski definition) is 0. The Hall–Kier alpha value is -1.82. The third-order valence-electron chi connectivity index (χ3n) is 5.71. The first-order valence-corrected chi connectivity index (χ1v) is 8.68. The second kappa shape index (κ2) is 6.12. The van der Waals surface area contributed by atoms with Gasteiger partial charge in [-0.15, -0.1) is 0 Å². The molecule has 0 aromatic heterocycles. The predicted molar refractivity (Wildman–Crippen MR) is 93.0 cm³/mol. The average Bonchev–Trinajstić information content (AvgIpc) is 2.62. The summed E-state index contributed by atoms with van der Waals surface area (Å²) in [7, 11) is 0. The number of allylic oxidation sites excluding steroid dienone is 2. The summed E-state index contributed by atoms with van der Waals surface area (Å²) in [6, 6.07) is 22.4. The van der Waals surface area contributed by atoms with Crippen molar-refractivity contribution >= 4 is 0 Å². The predicted octanol–water partition coefficient (Wildman–Crippen LogP) is 5.93. The molecular formula is C22H24. The van der Waals surface area contributed by atoms with Crippen LogP contribution in [0.3, 0.4) is 0 Å². The summed E-state index contributed by atoms with van der Waals surface area (Å²) in [6.07, 6.45) is 10.2. The molecule has 2 aliphatic rings. The standard InChI is InChI=1S/C22H24/c1-3-9-17(10-4-1)20-15-19-13-7-8-14-21(19)22(16-20)18-11-5-2-6-12-18/h1-7,9-13,19-22H,8,14-16H2. The molecule has 0 radical (unpaired) electrons. The quantitative estimate of drug-likeness (QED) is 0.601. The Kier molecular flexibility index (Phi) is 3.84. The molecule has 0 amide bonds. The highest BCUT2D eigenvalue weighted by atomic mass is 14.4. The van der Waals surface area contributed by atoms with Crippen LogP contribution >= 0.6 is 0 Å². The van der Waals surface area contributed by atoms with E-state index in [0.717, 1.165) is 17.8 Å². The molecule has 22 heavy (non-hydrogen) atoms. The van der Waals surface area contributed by atoms with Gasteiger partial charge in [-0.2, -0.15) is 0 Å². The lowest BCUT2D eigenvalue weighted by Crippen LogP contribution is -2.31. The molecule has 0 nitrogen and oxygen atoms in total. The van der Waals surface area contributed by atoms with Gasteiger partial charge in [-0.05, 0) is 60.5 Å². The summed E-state index contributed by atoms with van der Waals surface area (Å²) in [5.74, 6) is 3.02. The molecule has 2 aromatic rings. The summed E-state index contributed by atoms with van der Waals surface area (Å²) in [6.45, 7) is 0. The minimum Gasteiger partial charge on any atom is -0.0882 e. The minimum atomic E-state index is 0.704. The topological polar surface area (TPSA) is 0 Å². The number of rotatable bonds is 2. The molecule has 0 heteroatoms. The maximum Gasteiger partial charge on any atom is -0.0122 e. The van der Waals surface area contributed by atoms with Crippen LogP contribution in [0.2, 0.25) is 0 Å². The van der Waals surface area contributed by atoms with Crippen molar-refractivity contribution in [2.24, 2.45) is 11.8 Å². The smallest absolute Gasteiger partial charge is 0.0122 e. The van der Waals surface area contributed by atoms with Crippen LogP contribution in [-0.4, -0.2) is 0 Å². The Labute approximate surface area is 133 Å². The van der Waals surface area contributed by atoms with Gasteiger partial charge in [0.05, 0.1) is 0 Å². The summed E-state index contributed by atoms with van der Waals surface area (Å²) in [5, 5.41) is 0. The fourth-order valence-electron chi connectivity index (χ4n) is 4.66. The summed E-state index contributed by atoms with van der Waals surface area (Å²) in [5.41, 5.74) is 3.08. The van der Waals surface area contributed by atoms with E-state index >= 15 is 0 Å². The van der Waals surface area contributed by atoms with Crippen LogP contribution in [0.25, 0.3) is 0 Å². The molecule has 0 bridgehead atoms. The molecule has 0 heterocycles. The maximum absolute atomic E-state index is 2.51. The molecule has 4 rings (SSSR count). The van der Waals surface area contributed by atoms with Crippen LogP contribution in [0.5, 0.6) is 0 Å². The van der Waals surface area contributed by atoms with Crippen molar-refractivity contribution in [1.82, 2.24) is 0 Å². The fourth-order valence-corrected chi connectivity index (χ4v) is 4.66. The normalized spacial score (nSPS) is 30.7. The monoisotopic (exact) mass is 288 g/mol. The zero-order chi connectivity index (χ0) is 14.8. The Balaban J connectivity index is 1.68. The Morgan fingerprint density at radius 1 is 0.727 bits per heavy atom. The highest BCUT2D eigenvalue weighted by Gasteiger charge is 2.38. The summed E-state index contributed by atoms with van der Waals surface area (Å²) in [4.78, 5) is 0. The lowest BCUT2D eigenvalue weighted by molar-refractivity contribution is 0.200. The second-order valence-corrected chi connectivity index (χ2v) is 6.93.